The molecule has 12 heteroatoms. The smallest absolute Gasteiger partial charge is 0.319 e. The normalized spacial score (nSPS) is 27.3. The molecule has 7 heterocycles. The van der Waals surface area contributed by atoms with E-state index in [2.05, 4.69) is 30.1 Å². The van der Waals surface area contributed by atoms with Crippen LogP contribution >= 0.6 is 12.2 Å². The molecule has 42 heavy (non-hydrogen) atoms. The molecule has 4 aliphatic heterocycles. The number of ether oxygens (including phenoxy) is 1. The summed E-state index contributed by atoms with van der Waals surface area (Å²) in [6, 6.07) is 6.96. The minimum atomic E-state index is -0.893. The van der Waals surface area contributed by atoms with Crippen molar-refractivity contribution in [3.63, 3.8) is 0 Å². The van der Waals surface area contributed by atoms with E-state index in [4.69, 9.17) is 21.9 Å². The molecular weight excluding hydrogens is 563 g/mol. The van der Waals surface area contributed by atoms with E-state index in [1.807, 2.05) is 0 Å². The van der Waals surface area contributed by atoms with Crippen LogP contribution in [-0.2, 0) is 0 Å². The van der Waals surface area contributed by atoms with Gasteiger partial charge in [-0.1, -0.05) is 24.4 Å². The molecule has 2 unspecified atom stereocenters. The fourth-order valence-electron chi connectivity index (χ4n) is 7.58. The van der Waals surface area contributed by atoms with Crippen LogP contribution in [0.15, 0.2) is 30.5 Å². The van der Waals surface area contributed by atoms with Crippen molar-refractivity contribution in [3.05, 3.63) is 46.7 Å². The van der Waals surface area contributed by atoms with E-state index in [-0.39, 0.29) is 34.9 Å². The molecule has 0 amide bonds. The van der Waals surface area contributed by atoms with Crippen LogP contribution < -0.4 is 15.0 Å². The quantitative estimate of drug-likeness (QED) is 0.311. The van der Waals surface area contributed by atoms with Crippen molar-refractivity contribution in [2.75, 3.05) is 37.7 Å². The zero-order valence-corrected chi connectivity index (χ0v) is 23.7. The maximum atomic E-state index is 16.6. The molecule has 2 bridgehead atoms. The van der Waals surface area contributed by atoms with Crippen molar-refractivity contribution >= 4 is 39.7 Å². The molecule has 0 saturated carbocycles. The molecule has 218 valence electrons. The number of aromatic nitrogens is 4. The number of piperazine rings is 1. The van der Waals surface area contributed by atoms with Gasteiger partial charge in [0.05, 0.1) is 16.6 Å². The number of hydrogen-bond donors (Lipinski definition) is 2. The maximum Gasteiger partial charge on any atom is 0.319 e. The highest BCUT2D eigenvalue weighted by Gasteiger charge is 2.49. The van der Waals surface area contributed by atoms with Crippen molar-refractivity contribution in [2.24, 2.45) is 0 Å². The fourth-order valence-corrected chi connectivity index (χ4v) is 7.81. The van der Waals surface area contributed by atoms with Gasteiger partial charge in [-0.05, 0) is 49.7 Å². The Morgan fingerprint density at radius 1 is 1.12 bits per heavy atom. The third-order valence-corrected chi connectivity index (χ3v) is 9.68. The summed E-state index contributed by atoms with van der Waals surface area (Å²) in [6.07, 6.45) is 5.02. The number of aromatic amines is 1. The maximum absolute atomic E-state index is 16.6. The first kappa shape index (κ1) is 26.3. The second-order valence-corrected chi connectivity index (χ2v) is 12.6. The van der Waals surface area contributed by atoms with E-state index < -0.39 is 23.3 Å². The minimum absolute atomic E-state index is 0.0362. The monoisotopic (exact) mass is 593 g/mol. The van der Waals surface area contributed by atoms with Gasteiger partial charge in [0.25, 0.3) is 0 Å². The number of alkyl halides is 1. The molecule has 0 radical (unpaired) electrons. The van der Waals surface area contributed by atoms with Crippen molar-refractivity contribution in [3.8, 4) is 17.4 Å². The van der Waals surface area contributed by atoms with Crippen molar-refractivity contribution in [1.29, 1.82) is 0 Å². The summed E-state index contributed by atoms with van der Waals surface area (Å²) in [5, 5.41) is 4.81. The van der Waals surface area contributed by atoms with Crippen molar-refractivity contribution in [1.82, 2.24) is 30.2 Å². The number of rotatable bonds is 5. The molecular formula is C30H30F3N7OS. The highest BCUT2D eigenvalue weighted by atomic mass is 32.1. The van der Waals surface area contributed by atoms with Crippen LogP contribution in [0.3, 0.4) is 0 Å². The molecule has 0 spiro atoms. The summed E-state index contributed by atoms with van der Waals surface area (Å²) < 4.78 is 52.6. The Labute approximate surface area is 245 Å². The topological polar surface area (TPSA) is 82.2 Å². The first-order valence-electron chi connectivity index (χ1n) is 14.6. The Kier molecular flexibility index (Phi) is 6.17. The van der Waals surface area contributed by atoms with Crippen LogP contribution in [0.25, 0.3) is 33.1 Å². The molecule has 4 fully saturated rings. The molecule has 4 aliphatic rings. The summed E-state index contributed by atoms with van der Waals surface area (Å²) in [5.74, 6) is -0.674. The number of hydrogen-bond acceptors (Lipinski definition) is 8. The van der Waals surface area contributed by atoms with Crippen LogP contribution in [0.4, 0.5) is 19.0 Å². The van der Waals surface area contributed by atoms with E-state index in [1.165, 1.54) is 6.07 Å². The number of anilines is 1. The third-order valence-electron chi connectivity index (χ3n) is 9.46. The van der Waals surface area contributed by atoms with Crippen molar-refractivity contribution in [2.45, 2.75) is 55.9 Å². The van der Waals surface area contributed by atoms with Gasteiger partial charge in [-0.3, -0.25) is 9.88 Å². The third kappa shape index (κ3) is 4.25. The Morgan fingerprint density at radius 3 is 2.79 bits per heavy atom. The minimum Gasteiger partial charge on any atom is -0.461 e. The average Bonchev–Trinajstić information content (AvgIpc) is 3.61. The number of fused-ring (bicyclic) bond motifs is 5. The summed E-state index contributed by atoms with van der Waals surface area (Å²) >= 11 is 5.38. The Morgan fingerprint density at radius 2 is 1.95 bits per heavy atom. The molecule has 4 saturated heterocycles. The van der Waals surface area contributed by atoms with E-state index in [0.29, 0.717) is 59.4 Å². The van der Waals surface area contributed by atoms with Gasteiger partial charge in [-0.25, -0.2) is 13.2 Å². The summed E-state index contributed by atoms with van der Waals surface area (Å²) in [7, 11) is 0. The summed E-state index contributed by atoms with van der Waals surface area (Å²) in [6.45, 7) is 2.90. The predicted octanol–water partition coefficient (Wildman–Crippen LogP) is 5.08. The highest BCUT2D eigenvalue weighted by molar-refractivity contribution is 7.71. The van der Waals surface area contributed by atoms with E-state index >= 15 is 8.78 Å². The second-order valence-electron chi connectivity index (χ2n) is 12.1. The first-order valence-corrected chi connectivity index (χ1v) is 15.0. The lowest BCUT2D eigenvalue weighted by Gasteiger charge is -2.34. The molecule has 3 aromatic heterocycles. The number of H-pyrrole nitrogens is 1. The predicted molar refractivity (Wildman–Crippen MR) is 156 cm³/mol. The number of nitrogens with zero attached hydrogens (tertiary/aromatic N) is 5. The van der Waals surface area contributed by atoms with E-state index in [1.54, 1.807) is 24.4 Å². The van der Waals surface area contributed by atoms with Gasteiger partial charge in [-0.15, -0.1) is 0 Å². The van der Waals surface area contributed by atoms with Crippen molar-refractivity contribution < 1.29 is 17.9 Å². The van der Waals surface area contributed by atoms with Crippen LogP contribution in [0.1, 0.15) is 32.1 Å². The fraction of sp³-hybridized carbons (Fsp3) is 0.467. The van der Waals surface area contributed by atoms with E-state index in [0.717, 1.165) is 32.2 Å². The first-order chi connectivity index (χ1) is 20.4. The lowest BCUT2D eigenvalue weighted by molar-refractivity contribution is 0.107. The van der Waals surface area contributed by atoms with E-state index in [9.17, 15) is 4.39 Å². The van der Waals surface area contributed by atoms with Gasteiger partial charge in [0.15, 0.2) is 5.82 Å². The number of halogens is 3. The zero-order chi connectivity index (χ0) is 28.6. The number of nitrogens with one attached hydrogen (secondary N) is 2. The van der Waals surface area contributed by atoms with Gasteiger partial charge in [0.1, 0.15) is 40.3 Å². The largest absolute Gasteiger partial charge is 0.461 e. The summed E-state index contributed by atoms with van der Waals surface area (Å²) in [4.78, 5) is 21.1. The van der Waals surface area contributed by atoms with Gasteiger partial charge < -0.3 is 19.9 Å². The Balaban J connectivity index is 1.26. The molecule has 8 nitrogen and oxygen atoms in total. The molecule has 0 aliphatic carbocycles. The molecule has 4 atom stereocenters. The Bertz CT molecular complexity index is 1770. The number of benzene rings is 1. The van der Waals surface area contributed by atoms with Crippen LogP contribution in [0.5, 0.6) is 6.01 Å². The molecule has 8 rings (SSSR count). The van der Waals surface area contributed by atoms with Crippen LogP contribution in [-0.4, -0.2) is 81.4 Å². The molecule has 4 aromatic rings. The standard InChI is InChI=1S/C30H30F3N7OS/c31-17-10-30(7-2-8-40(30)12-17)15-41-29-37-25-20(28(38-29)39-13-18-5-6-19(14-39)35-18)11-34-27(24(25)33)26-23-16(9-22(42)36-26)3-1-4-21(23)32/h1,3-4,9,11,17-19,35H,2,5-8,10,12-15H2,(H,36,42)/t17-,18?,19?,30+/m1/s1. The molecule has 2 N–H and O–H groups in total. The Hall–Kier alpha value is -3.35. The molecule has 1 aromatic carbocycles. The average molecular weight is 594 g/mol. The lowest BCUT2D eigenvalue weighted by atomic mass is 9.95. The lowest BCUT2D eigenvalue weighted by Crippen LogP contribution is -2.51. The van der Waals surface area contributed by atoms with Gasteiger partial charge in [0, 0.05) is 49.7 Å². The van der Waals surface area contributed by atoms with Gasteiger partial charge in [0.2, 0.25) is 0 Å². The van der Waals surface area contributed by atoms with Gasteiger partial charge in [-0.2, -0.15) is 9.97 Å². The highest BCUT2D eigenvalue weighted by Crippen LogP contribution is 2.41. The van der Waals surface area contributed by atoms with Gasteiger partial charge >= 0.3 is 6.01 Å². The zero-order valence-electron chi connectivity index (χ0n) is 22.9. The summed E-state index contributed by atoms with van der Waals surface area (Å²) in [5.41, 5.74) is -0.298. The van der Waals surface area contributed by atoms with Crippen LogP contribution in [0, 0.1) is 16.3 Å². The second kappa shape index (κ2) is 9.85. The van der Waals surface area contributed by atoms with Crippen LogP contribution in [0.2, 0.25) is 0 Å². The SMILES string of the molecule is Fc1c(-c2[nH]c(=S)cc3cccc(F)c23)ncc2c(N3CC4CCC(C3)N4)nc(OC[C@@]34CCCN3C[C@H](F)C4)nc12. The number of pyridine rings is 2.